The average molecular weight is 270 g/mol. The Bertz CT molecular complexity index is 415. The van der Waals surface area contributed by atoms with Crippen LogP contribution in [0.4, 0.5) is 0 Å². The van der Waals surface area contributed by atoms with Gasteiger partial charge in [0.05, 0.1) is 19.3 Å². The number of carbonyl (C=O) groups is 1. The Morgan fingerprint density at radius 3 is 2.72 bits per heavy atom. The summed E-state index contributed by atoms with van der Waals surface area (Å²) in [7, 11) is 1.44. The Morgan fingerprint density at radius 1 is 1.44 bits per heavy atom. The lowest BCUT2D eigenvalue weighted by molar-refractivity contribution is -0.141. The maximum atomic E-state index is 11.3. The smallest absolute Gasteiger partial charge is 0.306 e. The molecule has 0 unspecified atom stereocenters. The van der Waals surface area contributed by atoms with Gasteiger partial charge in [0.15, 0.2) is 0 Å². The highest BCUT2D eigenvalue weighted by molar-refractivity contribution is 7.98. The SMILES string of the molecule is CCc1nnc(CSCC2(CC(=O)OC)CC2)o1. The van der Waals surface area contributed by atoms with E-state index in [-0.39, 0.29) is 11.4 Å². The Hall–Kier alpha value is -1.04. The fraction of sp³-hybridized carbons (Fsp3) is 0.750. The van der Waals surface area contributed by atoms with E-state index in [0.717, 1.165) is 30.8 Å². The van der Waals surface area contributed by atoms with E-state index >= 15 is 0 Å². The van der Waals surface area contributed by atoms with Gasteiger partial charge in [0.2, 0.25) is 11.8 Å². The molecule has 1 aliphatic carbocycles. The summed E-state index contributed by atoms with van der Waals surface area (Å²) in [6.07, 6.45) is 3.52. The number of thioether (sulfide) groups is 1. The van der Waals surface area contributed by atoms with E-state index in [1.54, 1.807) is 11.8 Å². The average Bonchev–Trinajstić information content (AvgIpc) is 2.97. The van der Waals surface area contributed by atoms with Crippen LogP contribution in [0.3, 0.4) is 0 Å². The molecule has 1 heterocycles. The first-order valence-corrected chi connectivity index (χ1v) is 7.29. The molecular formula is C12H18N2O3S. The predicted molar refractivity (Wildman–Crippen MR) is 68.1 cm³/mol. The third-order valence-corrected chi connectivity index (χ3v) is 4.42. The number of aromatic nitrogens is 2. The molecule has 18 heavy (non-hydrogen) atoms. The number of rotatable bonds is 7. The minimum Gasteiger partial charge on any atom is -0.469 e. The lowest BCUT2D eigenvalue weighted by Crippen LogP contribution is -2.13. The summed E-state index contributed by atoms with van der Waals surface area (Å²) in [4.78, 5) is 11.3. The van der Waals surface area contributed by atoms with Crippen LogP contribution in [0.15, 0.2) is 4.42 Å². The van der Waals surface area contributed by atoms with Crippen molar-refractivity contribution in [3.63, 3.8) is 0 Å². The van der Waals surface area contributed by atoms with E-state index in [0.29, 0.717) is 18.2 Å². The van der Waals surface area contributed by atoms with Gasteiger partial charge in [0, 0.05) is 6.42 Å². The molecule has 1 aliphatic rings. The molecule has 0 aromatic carbocycles. The molecule has 1 aromatic heterocycles. The van der Waals surface area contributed by atoms with Gasteiger partial charge in [-0.25, -0.2) is 0 Å². The standard InChI is InChI=1S/C12H18N2O3S/c1-3-9-13-14-10(17-9)7-18-8-12(4-5-12)6-11(15)16-2/h3-8H2,1-2H3. The van der Waals surface area contributed by atoms with Crippen molar-refractivity contribution in [2.75, 3.05) is 12.9 Å². The zero-order chi connectivity index (χ0) is 13.0. The minimum absolute atomic E-state index is 0.112. The van der Waals surface area contributed by atoms with Crippen LogP contribution in [-0.2, 0) is 21.7 Å². The van der Waals surface area contributed by atoms with Gasteiger partial charge in [-0.2, -0.15) is 11.8 Å². The van der Waals surface area contributed by atoms with Gasteiger partial charge < -0.3 is 9.15 Å². The predicted octanol–water partition coefficient (Wildman–Crippen LogP) is 2.21. The fourth-order valence-corrected chi connectivity index (χ4v) is 2.99. The molecule has 0 atom stereocenters. The molecule has 1 fully saturated rings. The van der Waals surface area contributed by atoms with Gasteiger partial charge >= 0.3 is 5.97 Å². The molecule has 6 heteroatoms. The number of methoxy groups -OCH3 is 1. The molecule has 0 spiro atoms. The number of hydrogen-bond donors (Lipinski definition) is 0. The molecule has 2 rings (SSSR count). The minimum atomic E-state index is -0.112. The Labute approximate surface area is 111 Å². The Kier molecular flexibility index (Phi) is 4.27. The van der Waals surface area contributed by atoms with E-state index in [4.69, 9.17) is 9.15 Å². The van der Waals surface area contributed by atoms with Crippen LogP contribution in [0.5, 0.6) is 0 Å². The van der Waals surface area contributed by atoms with Crippen LogP contribution in [0.2, 0.25) is 0 Å². The van der Waals surface area contributed by atoms with Crippen molar-refractivity contribution in [3.05, 3.63) is 11.8 Å². The van der Waals surface area contributed by atoms with Gasteiger partial charge in [-0.15, -0.1) is 10.2 Å². The summed E-state index contributed by atoms with van der Waals surface area (Å²) in [5.74, 6) is 2.91. The Balaban J connectivity index is 1.73. The van der Waals surface area contributed by atoms with Crippen molar-refractivity contribution in [2.24, 2.45) is 5.41 Å². The monoisotopic (exact) mass is 270 g/mol. The first kappa shape index (κ1) is 13.4. The molecule has 0 N–H and O–H groups in total. The molecule has 100 valence electrons. The molecular weight excluding hydrogens is 252 g/mol. The molecule has 0 aliphatic heterocycles. The van der Waals surface area contributed by atoms with Gasteiger partial charge in [-0.1, -0.05) is 6.92 Å². The normalized spacial score (nSPS) is 16.6. The summed E-state index contributed by atoms with van der Waals surface area (Å²) in [6.45, 7) is 1.99. The molecule has 0 bridgehead atoms. The quantitative estimate of drug-likeness (QED) is 0.708. The van der Waals surface area contributed by atoms with Crippen molar-refractivity contribution in [1.29, 1.82) is 0 Å². The first-order valence-electron chi connectivity index (χ1n) is 6.13. The second kappa shape index (κ2) is 5.73. The summed E-state index contributed by atoms with van der Waals surface area (Å²) >= 11 is 1.75. The topological polar surface area (TPSA) is 65.2 Å². The van der Waals surface area contributed by atoms with Gasteiger partial charge in [-0.05, 0) is 24.0 Å². The zero-order valence-electron chi connectivity index (χ0n) is 10.8. The van der Waals surface area contributed by atoms with Crippen molar-refractivity contribution >= 4 is 17.7 Å². The number of hydrogen-bond acceptors (Lipinski definition) is 6. The van der Waals surface area contributed by atoms with Crippen molar-refractivity contribution in [3.8, 4) is 0 Å². The molecule has 0 saturated heterocycles. The third kappa shape index (κ3) is 3.48. The Morgan fingerprint density at radius 2 is 2.17 bits per heavy atom. The van der Waals surface area contributed by atoms with E-state index in [9.17, 15) is 4.79 Å². The van der Waals surface area contributed by atoms with E-state index in [2.05, 4.69) is 10.2 Å². The van der Waals surface area contributed by atoms with Crippen LogP contribution >= 0.6 is 11.8 Å². The van der Waals surface area contributed by atoms with Crippen LogP contribution in [0.25, 0.3) is 0 Å². The third-order valence-electron chi connectivity index (χ3n) is 3.15. The highest BCUT2D eigenvalue weighted by atomic mass is 32.2. The van der Waals surface area contributed by atoms with E-state index in [1.807, 2.05) is 6.92 Å². The summed E-state index contributed by atoms with van der Waals surface area (Å²) in [6, 6.07) is 0. The van der Waals surface area contributed by atoms with Gasteiger partial charge in [0.1, 0.15) is 0 Å². The van der Waals surface area contributed by atoms with Crippen molar-refractivity contribution in [2.45, 2.75) is 38.4 Å². The lowest BCUT2D eigenvalue weighted by Gasteiger charge is -2.11. The number of nitrogens with zero attached hydrogens (tertiary/aromatic N) is 2. The maximum Gasteiger partial charge on any atom is 0.306 e. The highest BCUT2D eigenvalue weighted by Crippen LogP contribution is 2.51. The van der Waals surface area contributed by atoms with Crippen LogP contribution in [0.1, 0.15) is 38.0 Å². The molecule has 1 aromatic rings. The van der Waals surface area contributed by atoms with E-state index < -0.39 is 0 Å². The van der Waals surface area contributed by atoms with Crippen LogP contribution < -0.4 is 0 Å². The van der Waals surface area contributed by atoms with Crippen molar-refractivity contribution in [1.82, 2.24) is 10.2 Å². The number of carbonyl (C=O) groups excluding carboxylic acids is 1. The van der Waals surface area contributed by atoms with E-state index in [1.165, 1.54) is 7.11 Å². The highest BCUT2D eigenvalue weighted by Gasteiger charge is 2.44. The molecule has 0 amide bonds. The number of aryl methyl sites for hydroxylation is 1. The summed E-state index contributed by atoms with van der Waals surface area (Å²) in [5, 5.41) is 7.90. The second-order valence-corrected chi connectivity index (χ2v) is 5.67. The molecule has 0 radical (unpaired) electrons. The van der Waals surface area contributed by atoms with Gasteiger partial charge in [0.25, 0.3) is 0 Å². The summed E-state index contributed by atoms with van der Waals surface area (Å²) in [5.41, 5.74) is 0.158. The van der Waals surface area contributed by atoms with Gasteiger partial charge in [-0.3, -0.25) is 4.79 Å². The van der Waals surface area contributed by atoms with Crippen LogP contribution in [-0.4, -0.2) is 29.0 Å². The maximum absolute atomic E-state index is 11.3. The lowest BCUT2D eigenvalue weighted by atomic mass is 10.1. The zero-order valence-corrected chi connectivity index (χ0v) is 11.6. The summed E-state index contributed by atoms with van der Waals surface area (Å²) < 4.78 is 10.2. The molecule has 5 nitrogen and oxygen atoms in total. The molecule has 1 saturated carbocycles. The second-order valence-electron chi connectivity index (χ2n) is 4.69. The largest absolute Gasteiger partial charge is 0.469 e. The number of ether oxygens (including phenoxy) is 1. The van der Waals surface area contributed by atoms with Crippen molar-refractivity contribution < 1.29 is 13.9 Å². The fourth-order valence-electron chi connectivity index (χ4n) is 1.77. The number of esters is 1. The first-order chi connectivity index (χ1) is 8.67. The van der Waals surface area contributed by atoms with Crippen LogP contribution in [0, 0.1) is 5.41 Å².